The topological polar surface area (TPSA) is 86.7 Å². The Morgan fingerprint density at radius 1 is 1.44 bits per heavy atom. The lowest BCUT2D eigenvalue weighted by Crippen LogP contribution is -2.13. The number of hydrogen-bond acceptors (Lipinski definition) is 5. The number of imidazole rings is 1. The van der Waals surface area contributed by atoms with Crippen molar-refractivity contribution in [1.29, 1.82) is 0 Å². The zero-order valence-corrected chi connectivity index (χ0v) is 9.14. The van der Waals surface area contributed by atoms with Crippen LogP contribution in [0.1, 0.15) is 13.3 Å². The summed E-state index contributed by atoms with van der Waals surface area (Å²) in [5, 5.41) is 12.0. The molecule has 6 heteroatoms. The molecule has 0 aromatic carbocycles. The molecule has 1 atom stereocenters. The van der Waals surface area contributed by atoms with Crippen LogP contribution in [-0.2, 0) is 0 Å². The highest BCUT2D eigenvalue weighted by atomic mass is 16.3. The second kappa shape index (κ2) is 4.89. The Morgan fingerprint density at radius 3 is 3.12 bits per heavy atom. The number of H-pyrrole nitrogens is 1. The van der Waals surface area contributed by atoms with Crippen LogP contribution >= 0.6 is 0 Å². The first-order valence-electron chi connectivity index (χ1n) is 5.30. The van der Waals surface area contributed by atoms with Crippen LogP contribution in [-0.4, -0.2) is 38.2 Å². The van der Waals surface area contributed by atoms with Crippen molar-refractivity contribution in [2.24, 2.45) is 5.92 Å². The van der Waals surface area contributed by atoms with Crippen LogP contribution in [0, 0.1) is 5.92 Å². The molecule has 0 amide bonds. The predicted molar refractivity (Wildman–Crippen MR) is 61.0 cm³/mol. The molecule has 16 heavy (non-hydrogen) atoms. The van der Waals surface area contributed by atoms with E-state index in [1.54, 1.807) is 6.33 Å². The average molecular weight is 221 g/mol. The normalized spacial score (nSPS) is 12.9. The zero-order chi connectivity index (χ0) is 11.4. The third kappa shape index (κ3) is 2.27. The average Bonchev–Trinajstić information content (AvgIpc) is 2.75. The molecular formula is C10H15N5O. The zero-order valence-electron chi connectivity index (χ0n) is 9.14. The van der Waals surface area contributed by atoms with Gasteiger partial charge in [-0.2, -0.15) is 0 Å². The number of aliphatic hydroxyl groups is 1. The monoisotopic (exact) mass is 221 g/mol. The summed E-state index contributed by atoms with van der Waals surface area (Å²) in [6.07, 6.45) is 3.87. The number of nitrogens with one attached hydrogen (secondary N) is 2. The highest BCUT2D eigenvalue weighted by Gasteiger charge is 2.06. The summed E-state index contributed by atoms with van der Waals surface area (Å²) >= 11 is 0. The molecule has 86 valence electrons. The van der Waals surface area contributed by atoms with E-state index in [-0.39, 0.29) is 6.61 Å². The molecule has 1 unspecified atom stereocenters. The van der Waals surface area contributed by atoms with Gasteiger partial charge in [0.05, 0.1) is 6.33 Å². The number of fused-ring (bicyclic) bond motifs is 1. The standard InChI is InChI=1S/C10H15N5O/c1-7(2-3-16)4-11-9-8-10(13-5-12-8)15-6-14-9/h5-7,16H,2-4H2,1H3,(H2,11,12,13,14,15). The SMILES string of the molecule is CC(CCO)CNc1ncnc2nc[nH]c12. The maximum Gasteiger partial charge on any atom is 0.182 e. The van der Waals surface area contributed by atoms with Gasteiger partial charge in [-0.3, -0.25) is 0 Å². The minimum absolute atomic E-state index is 0.214. The summed E-state index contributed by atoms with van der Waals surface area (Å²) in [6.45, 7) is 3.06. The fourth-order valence-electron chi connectivity index (χ4n) is 1.49. The van der Waals surface area contributed by atoms with E-state index in [0.29, 0.717) is 11.6 Å². The van der Waals surface area contributed by atoms with Crippen molar-refractivity contribution in [2.45, 2.75) is 13.3 Å². The first-order chi connectivity index (χ1) is 7.81. The molecule has 0 saturated carbocycles. The summed E-state index contributed by atoms with van der Waals surface area (Å²) in [5.41, 5.74) is 1.48. The van der Waals surface area contributed by atoms with Crippen LogP contribution in [0.15, 0.2) is 12.7 Å². The highest BCUT2D eigenvalue weighted by molar-refractivity contribution is 5.81. The molecule has 6 nitrogen and oxygen atoms in total. The first kappa shape index (κ1) is 10.8. The van der Waals surface area contributed by atoms with Crippen LogP contribution in [0.5, 0.6) is 0 Å². The number of aromatic nitrogens is 4. The van der Waals surface area contributed by atoms with Crippen LogP contribution < -0.4 is 5.32 Å². The van der Waals surface area contributed by atoms with Gasteiger partial charge in [0.2, 0.25) is 0 Å². The third-order valence-corrected chi connectivity index (χ3v) is 2.46. The Labute approximate surface area is 93.1 Å². The first-order valence-corrected chi connectivity index (χ1v) is 5.30. The lowest BCUT2D eigenvalue weighted by molar-refractivity contribution is 0.266. The second-order valence-electron chi connectivity index (χ2n) is 3.82. The Balaban J connectivity index is 2.06. The van der Waals surface area contributed by atoms with Gasteiger partial charge in [-0.05, 0) is 12.3 Å². The Morgan fingerprint density at radius 2 is 2.31 bits per heavy atom. The summed E-state index contributed by atoms with van der Waals surface area (Å²) < 4.78 is 0. The van der Waals surface area contributed by atoms with Crippen LogP contribution in [0.4, 0.5) is 5.82 Å². The number of hydrogen-bond donors (Lipinski definition) is 3. The van der Waals surface area contributed by atoms with Crippen molar-refractivity contribution in [1.82, 2.24) is 19.9 Å². The maximum atomic E-state index is 8.80. The van der Waals surface area contributed by atoms with E-state index in [9.17, 15) is 0 Å². The molecule has 0 saturated heterocycles. The van der Waals surface area contributed by atoms with Crippen molar-refractivity contribution in [3.8, 4) is 0 Å². The lowest BCUT2D eigenvalue weighted by Gasteiger charge is -2.11. The summed E-state index contributed by atoms with van der Waals surface area (Å²) in [5.74, 6) is 1.16. The molecule has 0 aliphatic heterocycles. The van der Waals surface area contributed by atoms with Crippen molar-refractivity contribution < 1.29 is 5.11 Å². The van der Waals surface area contributed by atoms with Crippen molar-refractivity contribution in [2.75, 3.05) is 18.5 Å². The maximum absolute atomic E-state index is 8.80. The Bertz CT molecular complexity index is 455. The van der Waals surface area contributed by atoms with Crippen LogP contribution in [0.25, 0.3) is 11.2 Å². The summed E-state index contributed by atoms with van der Waals surface area (Å²) in [7, 11) is 0. The smallest absolute Gasteiger partial charge is 0.182 e. The minimum Gasteiger partial charge on any atom is -0.396 e. The van der Waals surface area contributed by atoms with Crippen LogP contribution in [0.3, 0.4) is 0 Å². The molecule has 0 radical (unpaired) electrons. The molecule has 2 heterocycles. The Kier molecular flexibility index (Phi) is 3.31. The molecule has 2 rings (SSSR count). The van der Waals surface area contributed by atoms with Gasteiger partial charge in [0.25, 0.3) is 0 Å². The van der Waals surface area contributed by atoms with Gasteiger partial charge >= 0.3 is 0 Å². The third-order valence-electron chi connectivity index (χ3n) is 2.46. The van der Waals surface area contributed by atoms with E-state index in [0.717, 1.165) is 24.3 Å². The number of aliphatic hydroxyl groups excluding tert-OH is 1. The highest BCUT2D eigenvalue weighted by Crippen LogP contribution is 2.15. The fraction of sp³-hybridized carbons (Fsp3) is 0.500. The number of aromatic amines is 1. The van der Waals surface area contributed by atoms with Gasteiger partial charge in [0, 0.05) is 13.2 Å². The quantitative estimate of drug-likeness (QED) is 0.694. The molecule has 0 spiro atoms. The van der Waals surface area contributed by atoms with E-state index >= 15 is 0 Å². The molecular weight excluding hydrogens is 206 g/mol. The lowest BCUT2D eigenvalue weighted by atomic mass is 10.1. The van der Waals surface area contributed by atoms with Gasteiger partial charge in [0.1, 0.15) is 11.8 Å². The van der Waals surface area contributed by atoms with Gasteiger partial charge in [-0.1, -0.05) is 6.92 Å². The van der Waals surface area contributed by atoms with E-state index in [1.165, 1.54) is 6.33 Å². The molecule has 0 bridgehead atoms. The molecule has 0 aliphatic rings. The van der Waals surface area contributed by atoms with E-state index in [1.807, 2.05) is 0 Å². The van der Waals surface area contributed by atoms with Crippen molar-refractivity contribution >= 4 is 17.0 Å². The molecule has 0 aliphatic carbocycles. The van der Waals surface area contributed by atoms with E-state index < -0.39 is 0 Å². The summed E-state index contributed by atoms with van der Waals surface area (Å²) in [4.78, 5) is 15.2. The molecule has 3 N–H and O–H groups in total. The van der Waals surface area contributed by atoms with Gasteiger partial charge in [-0.15, -0.1) is 0 Å². The van der Waals surface area contributed by atoms with Crippen LogP contribution in [0.2, 0.25) is 0 Å². The molecule has 0 fully saturated rings. The number of nitrogens with zero attached hydrogens (tertiary/aromatic N) is 3. The van der Waals surface area contributed by atoms with Gasteiger partial charge in [-0.25, -0.2) is 15.0 Å². The van der Waals surface area contributed by atoms with Gasteiger partial charge < -0.3 is 15.4 Å². The van der Waals surface area contributed by atoms with E-state index in [2.05, 4.69) is 32.2 Å². The van der Waals surface area contributed by atoms with Gasteiger partial charge in [0.15, 0.2) is 11.5 Å². The fourth-order valence-corrected chi connectivity index (χ4v) is 1.49. The second-order valence-corrected chi connectivity index (χ2v) is 3.82. The number of anilines is 1. The Hall–Kier alpha value is -1.69. The largest absolute Gasteiger partial charge is 0.396 e. The minimum atomic E-state index is 0.214. The van der Waals surface area contributed by atoms with Crippen molar-refractivity contribution in [3.05, 3.63) is 12.7 Å². The summed E-state index contributed by atoms with van der Waals surface area (Å²) in [6, 6.07) is 0. The number of rotatable bonds is 5. The molecule has 2 aromatic rings. The molecule has 2 aromatic heterocycles. The predicted octanol–water partition coefficient (Wildman–Crippen LogP) is 0.783. The van der Waals surface area contributed by atoms with E-state index in [4.69, 9.17) is 5.11 Å². The van der Waals surface area contributed by atoms with Crippen molar-refractivity contribution in [3.63, 3.8) is 0 Å².